The Morgan fingerprint density at radius 2 is 1.74 bits per heavy atom. The van der Waals surface area contributed by atoms with Gasteiger partial charge in [0.25, 0.3) is 0 Å². The summed E-state index contributed by atoms with van der Waals surface area (Å²) in [6, 6.07) is 9.51. The Hall–Kier alpha value is -1.17. The third kappa shape index (κ3) is 2.59. The zero-order valence-corrected chi connectivity index (χ0v) is 11.4. The highest BCUT2D eigenvalue weighted by Crippen LogP contribution is 2.32. The topological polar surface area (TPSA) is 46.6 Å². The Bertz CT molecular complexity index is 552. The van der Waals surface area contributed by atoms with Crippen LogP contribution in [0.3, 0.4) is 0 Å². The van der Waals surface area contributed by atoms with Crippen molar-refractivity contribution in [2.24, 2.45) is 0 Å². The van der Waals surface area contributed by atoms with Crippen LogP contribution < -0.4 is 0 Å². The molecule has 0 spiro atoms. The van der Waals surface area contributed by atoms with Gasteiger partial charge in [-0.3, -0.25) is 0 Å². The molecule has 2 saturated heterocycles. The lowest BCUT2D eigenvalue weighted by Gasteiger charge is -2.32. The standard InChI is InChI=1S/C14H17NO3S/c16-19(17,9-8-12-4-2-1-3-5-12)15-13-6-7-14(15)11-18-10-13/h1-5,8-9,13-14H,6-7,10-11H2/b9-8+/t13-,14+. The second-order valence-corrected chi connectivity index (χ2v) is 6.73. The molecule has 2 aliphatic rings. The number of nitrogens with zero attached hydrogens (tertiary/aromatic N) is 1. The second kappa shape index (κ2) is 5.07. The number of rotatable bonds is 3. The van der Waals surface area contributed by atoms with Crippen LogP contribution in [0.5, 0.6) is 0 Å². The van der Waals surface area contributed by atoms with Gasteiger partial charge >= 0.3 is 0 Å². The Kier molecular flexibility index (Phi) is 3.43. The molecule has 0 N–H and O–H groups in total. The molecule has 0 saturated carbocycles. The largest absolute Gasteiger partial charge is 0.378 e. The number of morpholine rings is 1. The first kappa shape index (κ1) is 12.8. The summed E-state index contributed by atoms with van der Waals surface area (Å²) in [6.07, 6.45) is 3.47. The molecule has 1 aromatic rings. The molecule has 0 aliphatic carbocycles. The van der Waals surface area contributed by atoms with Crippen molar-refractivity contribution < 1.29 is 13.2 Å². The molecular weight excluding hydrogens is 262 g/mol. The van der Waals surface area contributed by atoms with Gasteiger partial charge in [0.2, 0.25) is 10.0 Å². The van der Waals surface area contributed by atoms with Crippen molar-refractivity contribution in [3.63, 3.8) is 0 Å². The highest BCUT2D eigenvalue weighted by atomic mass is 32.2. The lowest BCUT2D eigenvalue weighted by Crippen LogP contribution is -2.48. The van der Waals surface area contributed by atoms with Crippen molar-refractivity contribution >= 4 is 16.1 Å². The highest BCUT2D eigenvalue weighted by molar-refractivity contribution is 7.92. The molecule has 0 radical (unpaired) electrons. The van der Waals surface area contributed by atoms with Gasteiger partial charge in [0.05, 0.1) is 13.2 Å². The SMILES string of the molecule is O=S(=O)(/C=C/c1ccccc1)N1[C@@H]2CC[C@H]1COC2. The van der Waals surface area contributed by atoms with Crippen LogP contribution in [0.1, 0.15) is 18.4 Å². The third-order valence-electron chi connectivity index (χ3n) is 3.70. The second-order valence-electron chi connectivity index (χ2n) is 5.01. The lowest BCUT2D eigenvalue weighted by molar-refractivity contribution is 0.0275. The average Bonchev–Trinajstić information content (AvgIpc) is 2.70. The van der Waals surface area contributed by atoms with Gasteiger partial charge in [-0.25, -0.2) is 8.42 Å². The summed E-state index contributed by atoms with van der Waals surface area (Å²) in [5, 5.41) is 1.32. The molecule has 102 valence electrons. The Labute approximate surface area is 113 Å². The van der Waals surface area contributed by atoms with E-state index in [0.717, 1.165) is 18.4 Å². The molecule has 0 unspecified atom stereocenters. The van der Waals surface area contributed by atoms with E-state index in [2.05, 4.69) is 0 Å². The lowest BCUT2D eigenvalue weighted by atomic mass is 10.2. The van der Waals surface area contributed by atoms with Gasteiger partial charge in [-0.15, -0.1) is 0 Å². The highest BCUT2D eigenvalue weighted by Gasteiger charge is 2.43. The molecule has 19 heavy (non-hydrogen) atoms. The summed E-state index contributed by atoms with van der Waals surface area (Å²) in [6.45, 7) is 1.05. The summed E-state index contributed by atoms with van der Waals surface area (Å²) in [7, 11) is -3.34. The van der Waals surface area contributed by atoms with Gasteiger partial charge in [0, 0.05) is 17.5 Å². The van der Waals surface area contributed by atoms with E-state index >= 15 is 0 Å². The Morgan fingerprint density at radius 1 is 1.11 bits per heavy atom. The Balaban J connectivity index is 1.82. The van der Waals surface area contributed by atoms with E-state index in [4.69, 9.17) is 4.74 Å². The van der Waals surface area contributed by atoms with Crippen LogP contribution in [0.4, 0.5) is 0 Å². The zero-order chi connectivity index (χ0) is 13.3. The van der Waals surface area contributed by atoms with E-state index in [0.29, 0.717) is 13.2 Å². The van der Waals surface area contributed by atoms with Crippen LogP contribution in [0, 0.1) is 0 Å². The fourth-order valence-electron chi connectivity index (χ4n) is 2.81. The molecule has 2 heterocycles. The maximum Gasteiger partial charge on any atom is 0.236 e. The summed E-state index contributed by atoms with van der Waals surface area (Å²) in [4.78, 5) is 0. The third-order valence-corrected chi connectivity index (χ3v) is 5.36. The van der Waals surface area contributed by atoms with Crippen molar-refractivity contribution in [2.45, 2.75) is 24.9 Å². The molecule has 0 aromatic heterocycles. The molecule has 1 aromatic carbocycles. The number of hydrogen-bond donors (Lipinski definition) is 0. The minimum Gasteiger partial charge on any atom is -0.378 e. The fourth-order valence-corrected chi connectivity index (χ4v) is 4.44. The molecule has 2 bridgehead atoms. The molecule has 0 amide bonds. The van der Waals surface area contributed by atoms with Crippen LogP contribution in [0.25, 0.3) is 6.08 Å². The number of ether oxygens (including phenoxy) is 1. The van der Waals surface area contributed by atoms with Crippen molar-refractivity contribution in [2.75, 3.05) is 13.2 Å². The van der Waals surface area contributed by atoms with Crippen LogP contribution in [0.15, 0.2) is 35.7 Å². The number of hydrogen-bond acceptors (Lipinski definition) is 3. The van der Waals surface area contributed by atoms with Gasteiger partial charge < -0.3 is 4.74 Å². The molecular formula is C14H17NO3S. The van der Waals surface area contributed by atoms with E-state index in [1.807, 2.05) is 30.3 Å². The summed E-state index contributed by atoms with van der Waals surface area (Å²) in [5.74, 6) is 0. The normalized spacial score (nSPS) is 28.0. The average molecular weight is 279 g/mol. The van der Waals surface area contributed by atoms with Crippen LogP contribution in [-0.2, 0) is 14.8 Å². The van der Waals surface area contributed by atoms with Gasteiger partial charge in [-0.1, -0.05) is 30.3 Å². The zero-order valence-electron chi connectivity index (χ0n) is 10.6. The van der Waals surface area contributed by atoms with E-state index < -0.39 is 10.0 Å². The van der Waals surface area contributed by atoms with Gasteiger partial charge in [0.15, 0.2) is 0 Å². The first-order chi connectivity index (χ1) is 9.17. The van der Waals surface area contributed by atoms with Crippen molar-refractivity contribution in [1.82, 2.24) is 4.31 Å². The van der Waals surface area contributed by atoms with Crippen molar-refractivity contribution in [3.8, 4) is 0 Å². The fraction of sp³-hybridized carbons (Fsp3) is 0.429. The first-order valence-electron chi connectivity index (χ1n) is 6.51. The smallest absolute Gasteiger partial charge is 0.236 e. The Morgan fingerprint density at radius 3 is 2.37 bits per heavy atom. The maximum atomic E-state index is 12.4. The van der Waals surface area contributed by atoms with Crippen LogP contribution >= 0.6 is 0 Å². The summed E-state index contributed by atoms with van der Waals surface area (Å²) in [5.41, 5.74) is 0.895. The van der Waals surface area contributed by atoms with E-state index in [1.54, 1.807) is 10.4 Å². The molecule has 2 aliphatic heterocycles. The monoisotopic (exact) mass is 279 g/mol. The molecule has 3 rings (SSSR count). The molecule has 4 nitrogen and oxygen atoms in total. The number of sulfonamides is 1. The minimum absolute atomic E-state index is 0.0178. The van der Waals surface area contributed by atoms with Crippen molar-refractivity contribution in [1.29, 1.82) is 0 Å². The molecule has 2 atom stereocenters. The maximum absolute atomic E-state index is 12.4. The van der Waals surface area contributed by atoms with Crippen LogP contribution in [-0.4, -0.2) is 38.0 Å². The van der Waals surface area contributed by atoms with Crippen molar-refractivity contribution in [3.05, 3.63) is 41.3 Å². The van der Waals surface area contributed by atoms with E-state index in [1.165, 1.54) is 5.41 Å². The number of fused-ring (bicyclic) bond motifs is 2. The predicted octanol–water partition coefficient (Wildman–Crippen LogP) is 1.85. The quantitative estimate of drug-likeness (QED) is 0.848. The minimum atomic E-state index is -3.34. The first-order valence-corrected chi connectivity index (χ1v) is 8.01. The van der Waals surface area contributed by atoms with E-state index in [9.17, 15) is 8.42 Å². The summed E-state index contributed by atoms with van der Waals surface area (Å²) < 4.78 is 31.9. The molecule has 2 fully saturated rings. The number of benzene rings is 1. The van der Waals surface area contributed by atoms with Gasteiger partial charge in [-0.2, -0.15) is 4.31 Å². The van der Waals surface area contributed by atoms with Crippen LogP contribution in [0.2, 0.25) is 0 Å². The molecule has 5 heteroatoms. The summed E-state index contributed by atoms with van der Waals surface area (Å²) >= 11 is 0. The predicted molar refractivity (Wildman–Crippen MR) is 73.9 cm³/mol. The van der Waals surface area contributed by atoms with Gasteiger partial charge in [-0.05, 0) is 24.5 Å². The van der Waals surface area contributed by atoms with E-state index in [-0.39, 0.29) is 12.1 Å². The van der Waals surface area contributed by atoms with Gasteiger partial charge in [0.1, 0.15) is 0 Å².